The molecule has 2 atom stereocenters. The maximum Gasteiger partial charge on any atom is 0.396 e. The minimum atomic E-state index is -4.43. The smallest absolute Gasteiger partial charge is 0.396 e. The van der Waals surface area contributed by atoms with Gasteiger partial charge in [0.1, 0.15) is 6.29 Å². The van der Waals surface area contributed by atoms with Gasteiger partial charge in [0.05, 0.1) is 12.1 Å². The van der Waals surface area contributed by atoms with Crippen molar-refractivity contribution in [2.24, 2.45) is 22.8 Å². The molecule has 2 heterocycles. The molecule has 0 aromatic heterocycles. The summed E-state index contributed by atoms with van der Waals surface area (Å²) in [6.07, 6.45) is -2.56. The van der Waals surface area contributed by atoms with Gasteiger partial charge in [-0.2, -0.15) is 13.2 Å². The number of hydrogen-bond acceptors (Lipinski definition) is 7. The SMILES string of the molecule is C=C(C1=C(N)C(CN)=CC(C(F)(F)F)C1(C)C)N(C)C(C)N1Cc2ccc3c(c2C1)OCO3.CC.CC.CC.Cc1ccccc1C=O. The summed E-state index contributed by atoms with van der Waals surface area (Å²) in [5.74, 6) is -0.195. The molecule has 10 heteroatoms. The van der Waals surface area contributed by atoms with Crippen molar-refractivity contribution in [3.05, 3.63) is 93.8 Å². The lowest BCUT2D eigenvalue weighted by Gasteiger charge is -2.45. The number of allylic oxidation sites excluding steroid dienone is 2. The average Bonchev–Trinajstić information content (AvgIpc) is 3.74. The van der Waals surface area contributed by atoms with Gasteiger partial charge in [-0.25, -0.2) is 0 Å². The molecule has 0 radical (unpaired) electrons. The van der Waals surface area contributed by atoms with Gasteiger partial charge < -0.3 is 25.8 Å². The maximum absolute atomic E-state index is 14.0. The molecule has 0 fully saturated rings. The van der Waals surface area contributed by atoms with Gasteiger partial charge in [0.25, 0.3) is 0 Å². The summed E-state index contributed by atoms with van der Waals surface area (Å²) in [6.45, 7) is 24.7. The molecule has 48 heavy (non-hydrogen) atoms. The van der Waals surface area contributed by atoms with Crippen molar-refractivity contribution in [1.29, 1.82) is 0 Å². The minimum Gasteiger partial charge on any atom is -0.454 e. The molecule has 4 N–H and O–H groups in total. The van der Waals surface area contributed by atoms with Crippen LogP contribution < -0.4 is 20.9 Å². The Morgan fingerprint density at radius 3 is 2.21 bits per heavy atom. The zero-order chi connectivity index (χ0) is 37.0. The number of nitrogens with zero attached hydrogens (tertiary/aromatic N) is 2. The van der Waals surface area contributed by atoms with Gasteiger partial charge >= 0.3 is 6.18 Å². The Morgan fingerprint density at radius 1 is 1.08 bits per heavy atom. The third-order valence-electron chi connectivity index (χ3n) is 8.57. The van der Waals surface area contributed by atoms with Gasteiger partial charge in [-0.15, -0.1) is 0 Å². The van der Waals surface area contributed by atoms with Crippen LogP contribution in [0.15, 0.2) is 71.6 Å². The fourth-order valence-electron chi connectivity index (χ4n) is 5.87. The lowest BCUT2D eigenvalue weighted by Crippen LogP contribution is -2.46. The summed E-state index contributed by atoms with van der Waals surface area (Å²) in [6, 6.07) is 11.4. The molecule has 0 spiro atoms. The van der Waals surface area contributed by atoms with E-state index in [1.165, 1.54) is 0 Å². The van der Waals surface area contributed by atoms with Gasteiger partial charge in [0, 0.05) is 60.2 Å². The molecule has 2 unspecified atom stereocenters. The van der Waals surface area contributed by atoms with Gasteiger partial charge in [0.15, 0.2) is 11.5 Å². The number of benzene rings is 2. The van der Waals surface area contributed by atoms with E-state index in [9.17, 15) is 18.0 Å². The third kappa shape index (κ3) is 9.23. The van der Waals surface area contributed by atoms with Gasteiger partial charge in [-0.1, -0.05) is 98.4 Å². The Balaban J connectivity index is 0.000000647. The summed E-state index contributed by atoms with van der Waals surface area (Å²) >= 11 is 0. The first-order valence-electron chi connectivity index (χ1n) is 16.8. The second-order valence-corrected chi connectivity index (χ2v) is 11.4. The molecule has 2 aromatic carbocycles. The Morgan fingerprint density at radius 2 is 1.69 bits per heavy atom. The Kier molecular flexibility index (Phi) is 16.5. The summed E-state index contributed by atoms with van der Waals surface area (Å²) in [5, 5.41) is 0. The van der Waals surface area contributed by atoms with Crippen LogP contribution in [-0.4, -0.2) is 48.8 Å². The number of rotatable bonds is 6. The molecule has 7 nitrogen and oxygen atoms in total. The zero-order valence-electron chi connectivity index (χ0n) is 30.7. The molecule has 5 rings (SSSR count). The number of aryl methyl sites for hydroxylation is 1. The standard InChI is InChI=1S/C24H31F3N4O2.C8H8O.3C2H6/c1-13(20-21(29)16(9-28)8-19(23(20,3)4)24(25,26)27)30(5)14(2)31-10-15-6-7-18-22(17(15)11-31)33-12-32-18;1-7-4-2-3-5-8(7)6-9;3*1-2/h6-8,14,19H,1,9-12,28-29H2,2-5H3;2-6H,1H3;3*1-2H3. The summed E-state index contributed by atoms with van der Waals surface area (Å²) in [5.41, 5.74) is 16.3. The fourth-order valence-corrected chi connectivity index (χ4v) is 5.87. The number of aldehydes is 1. The second-order valence-electron chi connectivity index (χ2n) is 11.4. The summed E-state index contributed by atoms with van der Waals surface area (Å²) in [7, 11) is 1.83. The zero-order valence-corrected chi connectivity index (χ0v) is 30.7. The molecular weight excluding hydrogens is 617 g/mol. The molecule has 0 bridgehead atoms. The van der Waals surface area contributed by atoms with Gasteiger partial charge in [0.2, 0.25) is 6.79 Å². The molecule has 2 aliphatic heterocycles. The number of alkyl halides is 3. The average molecular weight is 675 g/mol. The number of halogens is 3. The maximum atomic E-state index is 14.0. The fraction of sp³-hybridized carbons (Fsp3) is 0.500. The molecule has 0 saturated carbocycles. The van der Waals surface area contributed by atoms with Crippen molar-refractivity contribution >= 4 is 6.29 Å². The van der Waals surface area contributed by atoms with Crippen molar-refractivity contribution in [3.63, 3.8) is 0 Å². The van der Waals surface area contributed by atoms with E-state index in [0.717, 1.165) is 46.1 Å². The number of likely N-dealkylation sites (N-methyl/N-ethyl adjacent to an activating group) is 1. The van der Waals surface area contributed by atoms with E-state index >= 15 is 0 Å². The van der Waals surface area contributed by atoms with E-state index in [0.29, 0.717) is 29.9 Å². The topological polar surface area (TPSA) is 94.1 Å². The molecule has 0 saturated heterocycles. The Labute approximate surface area is 286 Å². The Bertz CT molecular complexity index is 1430. The van der Waals surface area contributed by atoms with E-state index in [-0.39, 0.29) is 25.2 Å². The van der Waals surface area contributed by atoms with Crippen LogP contribution in [0.2, 0.25) is 0 Å². The van der Waals surface area contributed by atoms with Crippen LogP contribution in [0.5, 0.6) is 11.5 Å². The minimum absolute atomic E-state index is 0.0703. The van der Waals surface area contributed by atoms with E-state index in [2.05, 4.69) is 11.5 Å². The number of carbonyl (C=O) groups is 1. The highest BCUT2D eigenvalue weighted by molar-refractivity contribution is 5.76. The number of ether oxygens (including phenoxy) is 2. The predicted molar refractivity (Wildman–Crippen MR) is 190 cm³/mol. The van der Waals surface area contributed by atoms with Crippen LogP contribution in [-0.2, 0) is 13.1 Å². The van der Waals surface area contributed by atoms with Crippen LogP contribution >= 0.6 is 0 Å². The van der Waals surface area contributed by atoms with Gasteiger partial charge in [-0.3, -0.25) is 9.69 Å². The summed E-state index contributed by atoms with van der Waals surface area (Å²) < 4.78 is 53.0. The number of nitrogens with two attached hydrogens (primary N) is 2. The largest absolute Gasteiger partial charge is 0.454 e. The highest BCUT2D eigenvalue weighted by atomic mass is 19.4. The Hall–Kier alpha value is -3.76. The summed E-state index contributed by atoms with van der Waals surface area (Å²) in [4.78, 5) is 14.3. The van der Waals surface area contributed by atoms with Crippen molar-refractivity contribution in [1.82, 2.24) is 9.80 Å². The first-order valence-corrected chi connectivity index (χ1v) is 16.8. The first-order chi connectivity index (χ1) is 22.7. The lowest BCUT2D eigenvalue weighted by molar-refractivity contribution is -0.182. The van der Waals surface area contributed by atoms with E-state index in [4.69, 9.17) is 20.9 Å². The van der Waals surface area contributed by atoms with Crippen molar-refractivity contribution in [2.45, 2.75) is 94.7 Å². The van der Waals surface area contributed by atoms with Crippen molar-refractivity contribution in [2.75, 3.05) is 20.4 Å². The molecule has 3 aliphatic rings. The molecule has 268 valence electrons. The molecule has 1 aliphatic carbocycles. The molecule has 0 amide bonds. The van der Waals surface area contributed by atoms with Gasteiger partial charge in [-0.05, 0) is 36.6 Å². The van der Waals surface area contributed by atoms with Crippen molar-refractivity contribution < 1.29 is 27.4 Å². The molecular formula is C38H57F3N4O3. The quantitative estimate of drug-likeness (QED) is 0.296. The van der Waals surface area contributed by atoms with Crippen LogP contribution in [0.4, 0.5) is 13.2 Å². The monoisotopic (exact) mass is 674 g/mol. The van der Waals surface area contributed by atoms with E-state index < -0.39 is 17.5 Å². The molecule has 2 aromatic rings. The van der Waals surface area contributed by atoms with Crippen LogP contribution in [0.25, 0.3) is 0 Å². The number of fused-ring (bicyclic) bond motifs is 3. The van der Waals surface area contributed by atoms with E-state index in [1.807, 2.05) is 104 Å². The van der Waals surface area contributed by atoms with Crippen LogP contribution in [0, 0.1) is 18.3 Å². The van der Waals surface area contributed by atoms with Crippen LogP contribution in [0.3, 0.4) is 0 Å². The van der Waals surface area contributed by atoms with Crippen LogP contribution in [0.1, 0.15) is 89.4 Å². The number of carbonyl (C=O) groups excluding carboxylic acids is 1. The lowest BCUT2D eigenvalue weighted by atomic mass is 9.66. The number of hydrogen-bond donors (Lipinski definition) is 2. The first kappa shape index (κ1) is 42.3. The highest BCUT2D eigenvalue weighted by Gasteiger charge is 2.52. The highest BCUT2D eigenvalue weighted by Crippen LogP contribution is 2.52. The second kappa shape index (κ2) is 18.7. The third-order valence-corrected chi connectivity index (χ3v) is 8.57. The van der Waals surface area contributed by atoms with Crippen molar-refractivity contribution in [3.8, 4) is 11.5 Å². The normalized spacial score (nSPS) is 17.7. The van der Waals surface area contributed by atoms with E-state index in [1.54, 1.807) is 13.8 Å². The predicted octanol–water partition coefficient (Wildman–Crippen LogP) is 8.72.